The molecule has 1 aromatic heterocycles. The van der Waals surface area contributed by atoms with Gasteiger partial charge in [0.2, 0.25) is 0 Å². The summed E-state index contributed by atoms with van der Waals surface area (Å²) >= 11 is 1.51. The Bertz CT molecular complexity index is 280. The Hall–Kier alpha value is -0.970. The van der Waals surface area contributed by atoms with E-state index in [1.165, 1.54) is 11.8 Å². The summed E-state index contributed by atoms with van der Waals surface area (Å²) in [5.74, 6) is 1.43. The summed E-state index contributed by atoms with van der Waals surface area (Å²) in [6.45, 7) is 2.83. The summed E-state index contributed by atoms with van der Waals surface area (Å²) in [6, 6.07) is 0. The van der Waals surface area contributed by atoms with Crippen LogP contribution in [0, 0.1) is 0 Å². The number of nitrogens with one attached hydrogen (secondary N) is 1. The van der Waals surface area contributed by atoms with E-state index >= 15 is 0 Å². The summed E-state index contributed by atoms with van der Waals surface area (Å²) < 4.78 is 5.10. The molecule has 0 spiro atoms. The van der Waals surface area contributed by atoms with Crippen LogP contribution < -0.4 is 10.1 Å². The Morgan fingerprint density at radius 3 is 2.92 bits per heavy atom. The van der Waals surface area contributed by atoms with Gasteiger partial charge in [-0.05, 0) is 13.2 Å². The summed E-state index contributed by atoms with van der Waals surface area (Å²) in [5, 5.41) is 3.86. The first kappa shape index (κ1) is 10.1. The molecule has 0 bridgehead atoms. The molecule has 0 unspecified atom stereocenters. The lowest BCUT2D eigenvalue weighted by atomic mass is 10.5. The number of methoxy groups -OCH3 is 1. The van der Waals surface area contributed by atoms with E-state index in [0.29, 0.717) is 5.75 Å². The maximum Gasteiger partial charge on any atom is 0.189 e. The van der Waals surface area contributed by atoms with Gasteiger partial charge < -0.3 is 10.1 Å². The van der Waals surface area contributed by atoms with Crippen LogP contribution >= 0.6 is 11.8 Å². The molecule has 5 heteroatoms. The van der Waals surface area contributed by atoms with Crippen LogP contribution in [0.15, 0.2) is 11.4 Å². The van der Waals surface area contributed by atoms with Crippen molar-refractivity contribution in [3.05, 3.63) is 6.20 Å². The molecule has 0 aromatic carbocycles. The molecule has 0 fully saturated rings. The zero-order chi connectivity index (χ0) is 9.68. The molecule has 1 heterocycles. The number of thioether (sulfide) groups is 1. The minimum atomic E-state index is 0.680. The number of nitrogens with zero attached hydrogens (tertiary/aromatic N) is 2. The fourth-order valence-electron chi connectivity index (χ4n) is 0.896. The van der Waals surface area contributed by atoms with Gasteiger partial charge in [0, 0.05) is 6.54 Å². The van der Waals surface area contributed by atoms with Gasteiger partial charge in [-0.15, -0.1) is 0 Å². The van der Waals surface area contributed by atoms with Crippen molar-refractivity contribution in [2.75, 3.05) is 25.2 Å². The maximum atomic E-state index is 5.10. The first-order valence-electron chi connectivity index (χ1n) is 4.00. The van der Waals surface area contributed by atoms with E-state index in [2.05, 4.69) is 15.3 Å². The number of ether oxygens (including phenoxy) is 1. The monoisotopic (exact) mass is 199 g/mol. The van der Waals surface area contributed by atoms with Crippen molar-refractivity contribution in [2.24, 2.45) is 0 Å². The summed E-state index contributed by atoms with van der Waals surface area (Å²) in [7, 11) is 1.61. The van der Waals surface area contributed by atoms with Crippen LogP contribution in [-0.2, 0) is 0 Å². The van der Waals surface area contributed by atoms with Gasteiger partial charge in [-0.25, -0.2) is 9.97 Å². The third-order valence-corrected chi connectivity index (χ3v) is 2.04. The Balaban J connectivity index is 2.95. The van der Waals surface area contributed by atoms with Gasteiger partial charge >= 0.3 is 0 Å². The van der Waals surface area contributed by atoms with Crippen molar-refractivity contribution in [1.82, 2.24) is 9.97 Å². The van der Waals surface area contributed by atoms with Crippen LogP contribution in [0.5, 0.6) is 5.75 Å². The van der Waals surface area contributed by atoms with Gasteiger partial charge in [-0.2, -0.15) is 0 Å². The average Bonchev–Trinajstić information content (AvgIpc) is 2.18. The molecule has 72 valence electrons. The third-order valence-electron chi connectivity index (χ3n) is 1.48. The van der Waals surface area contributed by atoms with Crippen molar-refractivity contribution < 1.29 is 4.74 Å². The third kappa shape index (κ3) is 2.48. The van der Waals surface area contributed by atoms with E-state index in [0.717, 1.165) is 17.5 Å². The van der Waals surface area contributed by atoms with Crippen LogP contribution in [0.4, 0.5) is 5.82 Å². The van der Waals surface area contributed by atoms with Crippen molar-refractivity contribution in [3.63, 3.8) is 0 Å². The van der Waals surface area contributed by atoms with Gasteiger partial charge in [0.1, 0.15) is 0 Å². The van der Waals surface area contributed by atoms with Crippen LogP contribution in [0.1, 0.15) is 6.92 Å². The highest BCUT2D eigenvalue weighted by Gasteiger charge is 2.05. The first-order chi connectivity index (χ1) is 6.31. The molecule has 0 aliphatic heterocycles. The molecule has 0 aliphatic rings. The molecule has 1 aromatic rings. The molecule has 0 atom stereocenters. The van der Waals surface area contributed by atoms with Crippen molar-refractivity contribution >= 4 is 17.6 Å². The lowest BCUT2D eigenvalue weighted by molar-refractivity contribution is 0.411. The second-order valence-electron chi connectivity index (χ2n) is 2.30. The lowest BCUT2D eigenvalue weighted by Crippen LogP contribution is -2.03. The Kier molecular flexibility index (Phi) is 3.82. The number of rotatable bonds is 4. The summed E-state index contributed by atoms with van der Waals surface area (Å²) in [4.78, 5) is 8.37. The van der Waals surface area contributed by atoms with Crippen LogP contribution in [-0.4, -0.2) is 29.9 Å². The Morgan fingerprint density at radius 1 is 1.62 bits per heavy atom. The highest BCUT2D eigenvalue weighted by molar-refractivity contribution is 7.98. The molecule has 1 rings (SSSR count). The molecule has 0 aliphatic carbocycles. The Morgan fingerprint density at radius 2 is 2.38 bits per heavy atom. The van der Waals surface area contributed by atoms with E-state index in [-0.39, 0.29) is 0 Å². The summed E-state index contributed by atoms with van der Waals surface area (Å²) in [6.07, 6.45) is 3.62. The molecular formula is C8H13N3OS. The van der Waals surface area contributed by atoms with Crippen LogP contribution in [0.25, 0.3) is 0 Å². The number of hydrogen-bond donors (Lipinski definition) is 1. The Labute approximate surface area is 82.1 Å². The average molecular weight is 199 g/mol. The van der Waals surface area contributed by atoms with E-state index in [4.69, 9.17) is 4.74 Å². The zero-order valence-corrected chi connectivity index (χ0v) is 8.81. The fourth-order valence-corrected chi connectivity index (χ4v) is 1.24. The number of anilines is 1. The number of hydrogen-bond acceptors (Lipinski definition) is 5. The van der Waals surface area contributed by atoms with Gasteiger partial charge in [0.05, 0.1) is 13.3 Å². The first-order valence-corrected chi connectivity index (χ1v) is 5.23. The van der Waals surface area contributed by atoms with Gasteiger partial charge in [-0.3, -0.25) is 0 Å². The SMILES string of the molecule is CCNc1nc(SC)ncc1OC. The van der Waals surface area contributed by atoms with Crippen molar-refractivity contribution in [2.45, 2.75) is 12.1 Å². The maximum absolute atomic E-state index is 5.10. The van der Waals surface area contributed by atoms with Crippen molar-refractivity contribution in [3.8, 4) is 5.75 Å². The fraction of sp³-hybridized carbons (Fsp3) is 0.500. The second kappa shape index (κ2) is 4.91. The molecule has 0 saturated carbocycles. The molecule has 4 nitrogen and oxygen atoms in total. The van der Waals surface area contributed by atoms with E-state index < -0.39 is 0 Å². The quantitative estimate of drug-likeness (QED) is 0.590. The van der Waals surface area contributed by atoms with Crippen molar-refractivity contribution in [1.29, 1.82) is 0 Å². The molecule has 1 N–H and O–H groups in total. The second-order valence-corrected chi connectivity index (χ2v) is 3.08. The minimum absolute atomic E-state index is 0.680. The topological polar surface area (TPSA) is 47.0 Å². The van der Waals surface area contributed by atoms with Crippen LogP contribution in [0.2, 0.25) is 0 Å². The smallest absolute Gasteiger partial charge is 0.189 e. The largest absolute Gasteiger partial charge is 0.491 e. The summed E-state index contributed by atoms with van der Waals surface area (Å²) in [5.41, 5.74) is 0. The predicted molar refractivity (Wildman–Crippen MR) is 54.5 cm³/mol. The molecule has 0 radical (unpaired) electrons. The zero-order valence-electron chi connectivity index (χ0n) is 8.00. The standard InChI is InChI=1S/C8H13N3OS/c1-4-9-7-6(12-2)5-10-8(11-7)13-3/h5H,4H2,1-3H3,(H,9,10,11). The normalized spacial score (nSPS) is 9.77. The van der Waals surface area contributed by atoms with Gasteiger partial charge in [-0.1, -0.05) is 11.8 Å². The highest BCUT2D eigenvalue weighted by atomic mass is 32.2. The van der Waals surface area contributed by atoms with E-state index in [1.807, 2.05) is 13.2 Å². The lowest BCUT2D eigenvalue weighted by Gasteiger charge is -2.08. The van der Waals surface area contributed by atoms with E-state index in [9.17, 15) is 0 Å². The number of aromatic nitrogens is 2. The molecule has 13 heavy (non-hydrogen) atoms. The molecular weight excluding hydrogens is 186 g/mol. The predicted octanol–water partition coefficient (Wildman–Crippen LogP) is 1.64. The highest BCUT2D eigenvalue weighted by Crippen LogP contribution is 2.22. The molecule has 0 amide bonds. The molecule has 0 saturated heterocycles. The van der Waals surface area contributed by atoms with Crippen LogP contribution in [0.3, 0.4) is 0 Å². The minimum Gasteiger partial charge on any atom is -0.491 e. The van der Waals surface area contributed by atoms with Gasteiger partial charge in [0.25, 0.3) is 0 Å². The van der Waals surface area contributed by atoms with E-state index in [1.54, 1.807) is 13.3 Å². The van der Waals surface area contributed by atoms with Gasteiger partial charge in [0.15, 0.2) is 16.7 Å².